The monoisotopic (exact) mass is 267 g/mol. The van der Waals surface area contributed by atoms with Gasteiger partial charge in [-0.2, -0.15) is 5.10 Å². The highest BCUT2D eigenvalue weighted by atomic mass is 15.3. The lowest BCUT2D eigenvalue weighted by molar-refractivity contribution is 0.666. The molecule has 0 radical (unpaired) electrons. The molecule has 0 aliphatic heterocycles. The van der Waals surface area contributed by atoms with Crippen LogP contribution in [-0.4, -0.2) is 25.8 Å². The van der Waals surface area contributed by atoms with Gasteiger partial charge in [-0.15, -0.1) is 0 Å². The Morgan fingerprint density at radius 3 is 2.75 bits per heavy atom. The number of benzene rings is 1. The Labute approximate surface area is 117 Å². The zero-order valence-corrected chi connectivity index (χ0v) is 11.4. The number of nitrogens with zero attached hydrogens (tertiary/aromatic N) is 4. The van der Waals surface area contributed by atoms with Gasteiger partial charge in [0.2, 0.25) is 0 Å². The van der Waals surface area contributed by atoms with Crippen LogP contribution in [-0.2, 0) is 6.42 Å². The van der Waals surface area contributed by atoms with Crippen molar-refractivity contribution >= 4 is 10.9 Å². The van der Waals surface area contributed by atoms with Crippen molar-refractivity contribution in [1.82, 2.24) is 19.7 Å². The second-order valence-electron chi connectivity index (χ2n) is 5.06. The third-order valence-electron chi connectivity index (χ3n) is 3.31. The van der Waals surface area contributed by atoms with E-state index in [2.05, 4.69) is 33.3 Å². The van der Waals surface area contributed by atoms with Gasteiger partial charge in [0, 0.05) is 11.4 Å². The average Bonchev–Trinajstić information content (AvgIpc) is 2.89. The lowest BCUT2D eigenvalue weighted by atomic mass is 10.1. The number of hydrogen-bond acceptors (Lipinski definition) is 4. The summed E-state index contributed by atoms with van der Waals surface area (Å²) in [5.41, 5.74) is 9.02. The first-order chi connectivity index (χ1) is 9.74. The van der Waals surface area contributed by atoms with Crippen LogP contribution < -0.4 is 5.73 Å². The minimum absolute atomic E-state index is 0.231. The highest BCUT2D eigenvalue weighted by Gasteiger charge is 2.06. The van der Waals surface area contributed by atoms with Crippen molar-refractivity contribution in [1.29, 1.82) is 0 Å². The SMILES string of the molecule is C[C@H](N)CCc1ccc2c(cnn2-c2cncnc2)c1. The van der Waals surface area contributed by atoms with Crippen LogP contribution in [0.25, 0.3) is 16.6 Å². The molecule has 0 amide bonds. The van der Waals surface area contributed by atoms with Crippen molar-refractivity contribution < 1.29 is 0 Å². The second-order valence-corrected chi connectivity index (χ2v) is 5.06. The van der Waals surface area contributed by atoms with Gasteiger partial charge < -0.3 is 5.73 Å². The third kappa shape index (κ3) is 2.53. The lowest BCUT2D eigenvalue weighted by Crippen LogP contribution is -2.15. The number of fused-ring (bicyclic) bond motifs is 1. The van der Waals surface area contributed by atoms with Gasteiger partial charge in [0.1, 0.15) is 12.0 Å². The van der Waals surface area contributed by atoms with Crippen LogP contribution in [0.1, 0.15) is 18.9 Å². The van der Waals surface area contributed by atoms with E-state index >= 15 is 0 Å². The van der Waals surface area contributed by atoms with Gasteiger partial charge in [0.25, 0.3) is 0 Å². The Hall–Kier alpha value is -2.27. The van der Waals surface area contributed by atoms with Crippen molar-refractivity contribution in [2.24, 2.45) is 5.73 Å². The van der Waals surface area contributed by atoms with Gasteiger partial charge in [-0.1, -0.05) is 6.07 Å². The maximum Gasteiger partial charge on any atom is 0.115 e. The first-order valence-electron chi connectivity index (χ1n) is 6.71. The molecule has 0 saturated carbocycles. The first kappa shape index (κ1) is 12.7. The molecular formula is C15H17N5. The summed E-state index contributed by atoms with van der Waals surface area (Å²) in [5.74, 6) is 0. The minimum Gasteiger partial charge on any atom is -0.328 e. The van der Waals surface area contributed by atoms with Gasteiger partial charge in [-0.05, 0) is 37.5 Å². The smallest absolute Gasteiger partial charge is 0.115 e. The van der Waals surface area contributed by atoms with Gasteiger partial charge in [-0.3, -0.25) is 0 Å². The molecule has 2 aromatic heterocycles. The largest absolute Gasteiger partial charge is 0.328 e. The van der Waals surface area contributed by atoms with Gasteiger partial charge in [-0.25, -0.2) is 14.6 Å². The second kappa shape index (κ2) is 5.38. The quantitative estimate of drug-likeness (QED) is 0.786. The standard InChI is InChI=1S/C15H17N5/c1-11(16)2-3-12-4-5-15-13(6-12)7-19-20(15)14-8-17-10-18-9-14/h4-11H,2-3,16H2,1H3/t11-/m0/s1. The van der Waals surface area contributed by atoms with E-state index in [9.17, 15) is 0 Å². The topological polar surface area (TPSA) is 69.6 Å². The molecule has 1 atom stereocenters. The molecule has 0 saturated heterocycles. The number of aromatic nitrogens is 4. The van der Waals surface area contributed by atoms with Gasteiger partial charge in [0.15, 0.2) is 0 Å². The zero-order valence-electron chi connectivity index (χ0n) is 11.4. The summed E-state index contributed by atoms with van der Waals surface area (Å²) in [4.78, 5) is 8.06. The summed E-state index contributed by atoms with van der Waals surface area (Å²) in [6.07, 6.45) is 8.88. The number of nitrogens with two attached hydrogens (primary N) is 1. The molecule has 0 unspecified atom stereocenters. The fraction of sp³-hybridized carbons (Fsp3) is 0.267. The van der Waals surface area contributed by atoms with Crippen LogP contribution in [0, 0.1) is 0 Å². The Balaban J connectivity index is 1.94. The van der Waals surface area contributed by atoms with Crippen LogP contribution in [0.4, 0.5) is 0 Å². The van der Waals surface area contributed by atoms with E-state index in [1.54, 1.807) is 12.4 Å². The number of aryl methyl sites for hydroxylation is 1. The first-order valence-corrected chi connectivity index (χ1v) is 6.71. The number of rotatable bonds is 4. The molecule has 102 valence electrons. The van der Waals surface area contributed by atoms with Crippen molar-refractivity contribution in [3.05, 3.63) is 48.7 Å². The van der Waals surface area contributed by atoms with E-state index in [1.807, 2.05) is 17.8 Å². The molecule has 0 aliphatic carbocycles. The Bertz CT molecular complexity index is 703. The predicted octanol–water partition coefficient (Wildman–Crippen LogP) is 2.10. The molecule has 0 aliphatic rings. The molecule has 0 fully saturated rings. The van der Waals surface area contributed by atoms with Crippen molar-refractivity contribution in [2.75, 3.05) is 0 Å². The van der Waals surface area contributed by atoms with Crippen LogP contribution in [0.2, 0.25) is 0 Å². The normalized spacial score (nSPS) is 12.7. The summed E-state index contributed by atoms with van der Waals surface area (Å²) >= 11 is 0. The Morgan fingerprint density at radius 2 is 2.00 bits per heavy atom. The van der Waals surface area contributed by atoms with Crippen molar-refractivity contribution in [2.45, 2.75) is 25.8 Å². The van der Waals surface area contributed by atoms with E-state index < -0.39 is 0 Å². The van der Waals surface area contributed by atoms with Crippen molar-refractivity contribution in [3.8, 4) is 5.69 Å². The fourth-order valence-electron chi connectivity index (χ4n) is 2.24. The lowest BCUT2D eigenvalue weighted by Gasteiger charge is -2.06. The Morgan fingerprint density at radius 1 is 1.20 bits per heavy atom. The van der Waals surface area contributed by atoms with E-state index in [1.165, 1.54) is 11.9 Å². The van der Waals surface area contributed by atoms with Crippen LogP contribution in [0.3, 0.4) is 0 Å². The molecule has 3 rings (SSSR count). The highest BCUT2D eigenvalue weighted by molar-refractivity contribution is 5.80. The molecule has 2 heterocycles. The number of hydrogen-bond donors (Lipinski definition) is 1. The van der Waals surface area contributed by atoms with E-state index in [0.717, 1.165) is 29.4 Å². The summed E-state index contributed by atoms with van der Waals surface area (Å²) in [6, 6.07) is 6.62. The predicted molar refractivity (Wildman–Crippen MR) is 78.6 cm³/mol. The zero-order chi connectivity index (χ0) is 13.9. The summed E-state index contributed by atoms with van der Waals surface area (Å²) in [5, 5.41) is 5.54. The van der Waals surface area contributed by atoms with Gasteiger partial charge >= 0.3 is 0 Å². The van der Waals surface area contributed by atoms with E-state index in [-0.39, 0.29) is 6.04 Å². The van der Waals surface area contributed by atoms with Crippen molar-refractivity contribution in [3.63, 3.8) is 0 Å². The fourth-order valence-corrected chi connectivity index (χ4v) is 2.24. The summed E-state index contributed by atoms with van der Waals surface area (Å²) in [6.45, 7) is 2.03. The molecular weight excluding hydrogens is 250 g/mol. The molecule has 5 nitrogen and oxygen atoms in total. The molecule has 0 spiro atoms. The van der Waals surface area contributed by atoms with E-state index in [0.29, 0.717) is 0 Å². The third-order valence-corrected chi connectivity index (χ3v) is 3.31. The molecule has 20 heavy (non-hydrogen) atoms. The average molecular weight is 267 g/mol. The van der Waals surface area contributed by atoms with E-state index in [4.69, 9.17) is 5.73 Å². The van der Waals surface area contributed by atoms with Crippen LogP contribution >= 0.6 is 0 Å². The molecule has 3 aromatic rings. The molecule has 5 heteroatoms. The summed E-state index contributed by atoms with van der Waals surface area (Å²) in [7, 11) is 0. The molecule has 0 bridgehead atoms. The van der Waals surface area contributed by atoms with Crippen LogP contribution in [0.5, 0.6) is 0 Å². The van der Waals surface area contributed by atoms with Gasteiger partial charge in [0.05, 0.1) is 24.1 Å². The summed E-state index contributed by atoms with van der Waals surface area (Å²) < 4.78 is 1.85. The Kier molecular flexibility index (Phi) is 3.43. The highest BCUT2D eigenvalue weighted by Crippen LogP contribution is 2.19. The maximum atomic E-state index is 5.80. The maximum absolute atomic E-state index is 5.80. The molecule has 2 N–H and O–H groups in total. The minimum atomic E-state index is 0.231. The van der Waals surface area contributed by atoms with Crippen LogP contribution in [0.15, 0.2) is 43.1 Å². The molecule has 1 aromatic carbocycles.